The van der Waals surface area contributed by atoms with E-state index in [9.17, 15) is 9.90 Å². The molecule has 0 atom stereocenters. The first-order chi connectivity index (χ1) is 13.1. The minimum Gasteiger partial charge on any atom is -0.496 e. The summed E-state index contributed by atoms with van der Waals surface area (Å²) in [6, 6.07) is 8.33. The molecule has 142 valence electrons. The van der Waals surface area contributed by atoms with Gasteiger partial charge in [0.15, 0.2) is 17.3 Å². The van der Waals surface area contributed by atoms with Crippen LogP contribution in [0.15, 0.2) is 39.5 Å². The number of fused-ring (bicyclic) bond motifs is 1. The fraction of sp³-hybridized carbons (Fsp3) is 0.250. The van der Waals surface area contributed by atoms with Crippen LogP contribution in [0.25, 0.3) is 22.3 Å². The topological polar surface area (TPSA) is 87.4 Å². The maximum Gasteiger partial charge on any atom is 0.239 e. The van der Waals surface area contributed by atoms with E-state index >= 15 is 0 Å². The van der Waals surface area contributed by atoms with E-state index in [0.29, 0.717) is 28.4 Å². The quantitative estimate of drug-likeness (QED) is 0.712. The van der Waals surface area contributed by atoms with Gasteiger partial charge in [0.05, 0.1) is 35.0 Å². The van der Waals surface area contributed by atoms with Crippen molar-refractivity contribution in [3.63, 3.8) is 0 Å². The molecule has 7 heteroatoms. The summed E-state index contributed by atoms with van der Waals surface area (Å²) in [5.74, 6) is 1.63. The largest absolute Gasteiger partial charge is 0.496 e. The van der Waals surface area contributed by atoms with Crippen molar-refractivity contribution in [2.24, 2.45) is 0 Å². The molecule has 3 aromatic rings. The first kappa shape index (κ1) is 18.6. The fourth-order valence-electron chi connectivity index (χ4n) is 2.93. The number of rotatable bonds is 6. The molecule has 0 unspecified atom stereocenters. The minimum absolute atomic E-state index is 0.0461. The molecule has 0 saturated carbocycles. The van der Waals surface area contributed by atoms with Gasteiger partial charge in [-0.1, -0.05) is 0 Å². The van der Waals surface area contributed by atoms with Gasteiger partial charge in [-0.15, -0.1) is 0 Å². The van der Waals surface area contributed by atoms with Crippen molar-refractivity contribution in [3.8, 4) is 34.3 Å². The standard InChI is InChI=1S/C20H20O7/c1-23-13-6-5-12(9-14(13)24-2)19-20(26-4)18(22)17-15(25-3)7-11(10-21)8-16(17)27-19/h5-9,21H,10H2,1-4H3. The van der Waals surface area contributed by atoms with Crippen molar-refractivity contribution in [1.82, 2.24) is 0 Å². The Bertz CT molecular complexity index is 1040. The Morgan fingerprint density at radius 3 is 2.19 bits per heavy atom. The number of methoxy groups -OCH3 is 4. The van der Waals surface area contributed by atoms with Gasteiger partial charge in [0, 0.05) is 5.56 Å². The zero-order chi connectivity index (χ0) is 19.6. The molecule has 0 radical (unpaired) electrons. The summed E-state index contributed by atoms with van der Waals surface area (Å²) in [6.07, 6.45) is 0. The summed E-state index contributed by atoms with van der Waals surface area (Å²) in [5, 5.41) is 9.72. The molecule has 3 rings (SSSR count). The molecule has 0 bridgehead atoms. The molecule has 0 aliphatic carbocycles. The monoisotopic (exact) mass is 372 g/mol. The Kier molecular flexibility index (Phi) is 5.23. The van der Waals surface area contributed by atoms with Crippen LogP contribution in [-0.4, -0.2) is 33.5 Å². The minimum atomic E-state index is -0.370. The third kappa shape index (κ3) is 3.17. The zero-order valence-corrected chi connectivity index (χ0v) is 15.5. The molecule has 2 aromatic carbocycles. The van der Waals surface area contributed by atoms with Crippen LogP contribution in [0.4, 0.5) is 0 Å². The van der Waals surface area contributed by atoms with Crippen LogP contribution < -0.4 is 24.4 Å². The number of aliphatic hydroxyl groups is 1. The molecule has 7 nitrogen and oxygen atoms in total. The molecule has 1 heterocycles. The highest BCUT2D eigenvalue weighted by atomic mass is 16.5. The van der Waals surface area contributed by atoms with Gasteiger partial charge in [-0.05, 0) is 35.9 Å². The van der Waals surface area contributed by atoms with Gasteiger partial charge in [-0.2, -0.15) is 0 Å². The molecule has 0 saturated heterocycles. The van der Waals surface area contributed by atoms with Crippen molar-refractivity contribution in [2.75, 3.05) is 28.4 Å². The van der Waals surface area contributed by atoms with Gasteiger partial charge in [0.1, 0.15) is 16.7 Å². The SMILES string of the molecule is COc1ccc(-c2oc3cc(CO)cc(OC)c3c(=O)c2OC)cc1OC. The van der Waals surface area contributed by atoms with E-state index in [2.05, 4.69) is 0 Å². The van der Waals surface area contributed by atoms with E-state index in [1.54, 1.807) is 30.3 Å². The molecule has 0 aliphatic rings. The maximum absolute atomic E-state index is 13.0. The van der Waals surface area contributed by atoms with Crippen molar-refractivity contribution in [2.45, 2.75) is 6.61 Å². The lowest BCUT2D eigenvalue weighted by molar-refractivity contribution is 0.281. The van der Waals surface area contributed by atoms with Crippen molar-refractivity contribution in [3.05, 3.63) is 46.1 Å². The van der Waals surface area contributed by atoms with Crippen LogP contribution in [0.2, 0.25) is 0 Å². The van der Waals surface area contributed by atoms with Crippen LogP contribution in [0.5, 0.6) is 23.0 Å². The van der Waals surface area contributed by atoms with E-state index in [4.69, 9.17) is 23.4 Å². The molecule has 0 aliphatic heterocycles. The van der Waals surface area contributed by atoms with Gasteiger partial charge in [-0.25, -0.2) is 0 Å². The first-order valence-electron chi connectivity index (χ1n) is 8.12. The molecule has 1 aromatic heterocycles. The number of ether oxygens (including phenoxy) is 4. The van der Waals surface area contributed by atoms with Gasteiger partial charge in [0.25, 0.3) is 0 Å². The normalized spacial score (nSPS) is 10.7. The van der Waals surface area contributed by atoms with E-state index in [1.165, 1.54) is 28.4 Å². The highest BCUT2D eigenvalue weighted by molar-refractivity contribution is 5.88. The summed E-state index contributed by atoms with van der Waals surface area (Å²) in [4.78, 5) is 13.0. The molecule has 27 heavy (non-hydrogen) atoms. The maximum atomic E-state index is 13.0. The molecule has 1 N–H and O–H groups in total. The van der Waals surface area contributed by atoms with Crippen molar-refractivity contribution in [1.29, 1.82) is 0 Å². The number of benzene rings is 2. The average molecular weight is 372 g/mol. The second-order valence-corrected chi connectivity index (χ2v) is 5.69. The summed E-state index contributed by atoms with van der Waals surface area (Å²) < 4.78 is 27.2. The van der Waals surface area contributed by atoms with Gasteiger partial charge in [-0.3, -0.25) is 4.79 Å². The highest BCUT2D eigenvalue weighted by Crippen LogP contribution is 2.38. The first-order valence-corrected chi connectivity index (χ1v) is 8.12. The fourth-order valence-corrected chi connectivity index (χ4v) is 2.93. The molecular weight excluding hydrogens is 352 g/mol. The van der Waals surface area contributed by atoms with Crippen LogP contribution in [0.1, 0.15) is 5.56 Å². The van der Waals surface area contributed by atoms with E-state index < -0.39 is 0 Å². The Morgan fingerprint density at radius 2 is 1.59 bits per heavy atom. The molecule has 0 amide bonds. The number of hydrogen-bond donors (Lipinski definition) is 1. The van der Waals surface area contributed by atoms with E-state index in [-0.39, 0.29) is 34.5 Å². The van der Waals surface area contributed by atoms with E-state index in [0.717, 1.165) is 0 Å². The average Bonchev–Trinajstić information content (AvgIpc) is 2.71. The van der Waals surface area contributed by atoms with Gasteiger partial charge >= 0.3 is 0 Å². The predicted molar refractivity (Wildman–Crippen MR) is 100 cm³/mol. The molecular formula is C20H20O7. The van der Waals surface area contributed by atoms with Crippen LogP contribution in [-0.2, 0) is 6.61 Å². The Hall–Kier alpha value is -3.19. The third-order valence-corrected chi connectivity index (χ3v) is 4.23. The summed E-state index contributed by atoms with van der Waals surface area (Å²) in [5.41, 5.74) is 1.06. The lowest BCUT2D eigenvalue weighted by Gasteiger charge is -2.13. The lowest BCUT2D eigenvalue weighted by Crippen LogP contribution is -2.09. The van der Waals surface area contributed by atoms with Crippen LogP contribution >= 0.6 is 0 Å². The van der Waals surface area contributed by atoms with Crippen molar-refractivity contribution >= 4 is 11.0 Å². The van der Waals surface area contributed by atoms with Crippen LogP contribution in [0, 0.1) is 0 Å². The third-order valence-electron chi connectivity index (χ3n) is 4.23. The van der Waals surface area contributed by atoms with E-state index in [1.807, 2.05) is 0 Å². The lowest BCUT2D eigenvalue weighted by atomic mass is 10.1. The van der Waals surface area contributed by atoms with Gasteiger partial charge < -0.3 is 28.5 Å². The highest BCUT2D eigenvalue weighted by Gasteiger charge is 2.21. The molecule has 0 fully saturated rings. The second-order valence-electron chi connectivity index (χ2n) is 5.69. The van der Waals surface area contributed by atoms with Crippen LogP contribution in [0.3, 0.4) is 0 Å². The zero-order valence-electron chi connectivity index (χ0n) is 15.5. The van der Waals surface area contributed by atoms with Gasteiger partial charge in [0.2, 0.25) is 11.2 Å². The summed E-state index contributed by atoms with van der Waals surface area (Å²) >= 11 is 0. The Balaban J connectivity index is 2.35. The smallest absolute Gasteiger partial charge is 0.239 e. The summed E-state index contributed by atoms with van der Waals surface area (Å²) in [6.45, 7) is -0.215. The summed E-state index contributed by atoms with van der Waals surface area (Å²) in [7, 11) is 5.91. The van der Waals surface area contributed by atoms with Crippen molar-refractivity contribution < 1.29 is 28.5 Å². The number of hydrogen-bond acceptors (Lipinski definition) is 7. The second kappa shape index (κ2) is 7.59. The predicted octanol–water partition coefficient (Wildman–Crippen LogP) is 2.99. The molecule has 0 spiro atoms. The Labute approximate surface area is 155 Å². The number of aliphatic hydroxyl groups excluding tert-OH is 1. The Morgan fingerprint density at radius 1 is 0.889 bits per heavy atom.